The van der Waals surface area contributed by atoms with Crippen LogP contribution in [0.25, 0.3) is 0 Å². The molecule has 1 aliphatic carbocycles. The van der Waals surface area contributed by atoms with E-state index in [0.29, 0.717) is 13.0 Å². The van der Waals surface area contributed by atoms with Crippen molar-refractivity contribution in [3.8, 4) is 5.75 Å². The summed E-state index contributed by atoms with van der Waals surface area (Å²) >= 11 is 0. The van der Waals surface area contributed by atoms with E-state index >= 15 is 0 Å². The Morgan fingerprint density at radius 1 is 1.27 bits per heavy atom. The van der Waals surface area contributed by atoms with Crippen LogP contribution in [0, 0.1) is 0 Å². The van der Waals surface area contributed by atoms with Gasteiger partial charge in [0.15, 0.2) is 5.78 Å². The number of aliphatic hydroxyl groups excluding tert-OH is 1. The Balaban J connectivity index is 1.75. The first-order chi connectivity index (χ1) is 10.6. The predicted molar refractivity (Wildman–Crippen MR) is 79.4 cm³/mol. The van der Waals surface area contributed by atoms with Gasteiger partial charge in [-0.3, -0.25) is 4.79 Å². The highest BCUT2D eigenvalue weighted by molar-refractivity contribution is 6.00. The van der Waals surface area contributed by atoms with Crippen LogP contribution in [0.2, 0.25) is 0 Å². The lowest BCUT2D eigenvalue weighted by atomic mass is 9.99. The highest BCUT2D eigenvalue weighted by Gasteiger charge is 2.38. The maximum atomic E-state index is 11.2. The zero-order chi connectivity index (χ0) is 15.6. The third-order valence-corrected chi connectivity index (χ3v) is 3.83. The standard InChI is InChI=1S/C17H18O5/c1-20-14-4-2-12(3-5-14)16(19)15-8-11-21-17(22-15)9-6-13(18)7-10-17/h2-7,9-10,15-16,19H,8,11H2,1H3/t15-,16-/m1/s1. The molecule has 1 aromatic carbocycles. The van der Waals surface area contributed by atoms with E-state index in [-0.39, 0.29) is 5.78 Å². The smallest absolute Gasteiger partial charge is 0.209 e. The molecule has 0 radical (unpaired) electrons. The van der Waals surface area contributed by atoms with Crippen LogP contribution < -0.4 is 4.74 Å². The molecule has 5 nitrogen and oxygen atoms in total. The number of carbonyl (C=O) groups is 1. The fourth-order valence-electron chi connectivity index (χ4n) is 2.58. The number of ether oxygens (including phenoxy) is 3. The predicted octanol–water partition coefficient (Wildman–Crippen LogP) is 1.93. The number of rotatable bonds is 3. The van der Waals surface area contributed by atoms with Crippen LogP contribution in [0.1, 0.15) is 18.1 Å². The number of carbonyl (C=O) groups excluding carboxylic acids is 1. The van der Waals surface area contributed by atoms with Crippen LogP contribution in [0.4, 0.5) is 0 Å². The van der Waals surface area contributed by atoms with Crippen molar-refractivity contribution in [3.63, 3.8) is 0 Å². The number of methoxy groups -OCH3 is 1. The van der Waals surface area contributed by atoms with Gasteiger partial charge < -0.3 is 19.3 Å². The molecule has 1 spiro atoms. The minimum Gasteiger partial charge on any atom is -0.497 e. The molecule has 1 fully saturated rings. The fourth-order valence-corrected chi connectivity index (χ4v) is 2.58. The van der Waals surface area contributed by atoms with E-state index in [2.05, 4.69) is 0 Å². The molecule has 3 rings (SSSR count). The molecule has 1 saturated heterocycles. The van der Waals surface area contributed by atoms with Gasteiger partial charge in [0.05, 0.1) is 19.8 Å². The van der Waals surface area contributed by atoms with Crippen molar-refractivity contribution in [1.29, 1.82) is 0 Å². The lowest BCUT2D eigenvalue weighted by molar-refractivity contribution is -0.257. The van der Waals surface area contributed by atoms with E-state index in [4.69, 9.17) is 14.2 Å². The van der Waals surface area contributed by atoms with E-state index in [1.54, 1.807) is 31.4 Å². The van der Waals surface area contributed by atoms with Crippen molar-refractivity contribution in [2.75, 3.05) is 13.7 Å². The van der Waals surface area contributed by atoms with Gasteiger partial charge in [-0.15, -0.1) is 0 Å². The maximum Gasteiger partial charge on any atom is 0.209 e. The normalized spacial score (nSPS) is 24.5. The van der Waals surface area contributed by atoms with Gasteiger partial charge in [-0.05, 0) is 42.0 Å². The van der Waals surface area contributed by atoms with E-state index in [1.807, 2.05) is 12.1 Å². The van der Waals surface area contributed by atoms with Gasteiger partial charge in [-0.1, -0.05) is 12.1 Å². The Morgan fingerprint density at radius 3 is 2.59 bits per heavy atom. The first-order valence-electron chi connectivity index (χ1n) is 7.18. The van der Waals surface area contributed by atoms with Crippen molar-refractivity contribution < 1.29 is 24.1 Å². The first kappa shape index (κ1) is 15.0. The Kier molecular flexibility index (Phi) is 4.11. The average molecular weight is 302 g/mol. The lowest BCUT2D eigenvalue weighted by Crippen LogP contribution is -2.45. The number of benzene rings is 1. The summed E-state index contributed by atoms with van der Waals surface area (Å²) < 4.78 is 16.6. The molecule has 5 heteroatoms. The summed E-state index contributed by atoms with van der Waals surface area (Å²) in [4.78, 5) is 11.2. The monoisotopic (exact) mass is 302 g/mol. The Labute approximate surface area is 128 Å². The Hall–Kier alpha value is -1.95. The summed E-state index contributed by atoms with van der Waals surface area (Å²) in [6.45, 7) is 0.445. The third-order valence-electron chi connectivity index (χ3n) is 3.83. The molecule has 0 aromatic heterocycles. The Morgan fingerprint density at radius 2 is 1.95 bits per heavy atom. The second kappa shape index (κ2) is 6.04. The quantitative estimate of drug-likeness (QED) is 0.924. The number of hydrogen-bond acceptors (Lipinski definition) is 5. The molecular formula is C17H18O5. The summed E-state index contributed by atoms with van der Waals surface area (Å²) in [7, 11) is 1.60. The van der Waals surface area contributed by atoms with Crippen molar-refractivity contribution in [2.45, 2.75) is 24.4 Å². The van der Waals surface area contributed by atoms with Gasteiger partial charge >= 0.3 is 0 Å². The molecule has 1 aliphatic heterocycles. The van der Waals surface area contributed by atoms with Crippen LogP contribution in [0.5, 0.6) is 5.75 Å². The van der Waals surface area contributed by atoms with Gasteiger partial charge in [0.25, 0.3) is 0 Å². The minimum atomic E-state index is -1.05. The summed E-state index contributed by atoms with van der Waals surface area (Å²) in [5.74, 6) is -0.419. The number of hydrogen-bond donors (Lipinski definition) is 1. The van der Waals surface area contributed by atoms with Gasteiger partial charge in [0, 0.05) is 6.42 Å². The number of aliphatic hydroxyl groups is 1. The molecule has 2 atom stereocenters. The molecule has 0 amide bonds. The van der Waals surface area contributed by atoms with Crippen molar-refractivity contribution in [2.24, 2.45) is 0 Å². The second-order valence-electron chi connectivity index (χ2n) is 5.30. The zero-order valence-corrected chi connectivity index (χ0v) is 12.3. The largest absolute Gasteiger partial charge is 0.497 e. The summed E-state index contributed by atoms with van der Waals surface area (Å²) in [5.41, 5.74) is 0.752. The van der Waals surface area contributed by atoms with Crippen LogP contribution in [0.15, 0.2) is 48.6 Å². The summed E-state index contributed by atoms with van der Waals surface area (Å²) in [6.07, 6.45) is 5.40. The topological polar surface area (TPSA) is 65.0 Å². The van der Waals surface area contributed by atoms with Gasteiger partial charge in [-0.25, -0.2) is 0 Å². The molecule has 1 heterocycles. The molecular weight excluding hydrogens is 284 g/mol. The van der Waals surface area contributed by atoms with Gasteiger partial charge in [-0.2, -0.15) is 0 Å². The highest BCUT2D eigenvalue weighted by Crippen LogP contribution is 2.34. The zero-order valence-electron chi connectivity index (χ0n) is 12.3. The number of allylic oxidation sites excluding steroid dienone is 2. The lowest BCUT2D eigenvalue weighted by Gasteiger charge is -2.39. The van der Waals surface area contributed by atoms with Crippen LogP contribution in [0.3, 0.4) is 0 Å². The minimum absolute atomic E-state index is 0.101. The summed E-state index contributed by atoms with van der Waals surface area (Å²) in [6, 6.07) is 7.22. The van der Waals surface area contributed by atoms with Crippen molar-refractivity contribution in [1.82, 2.24) is 0 Å². The van der Waals surface area contributed by atoms with Crippen LogP contribution >= 0.6 is 0 Å². The third kappa shape index (κ3) is 2.97. The molecule has 0 saturated carbocycles. The van der Waals surface area contributed by atoms with E-state index in [0.717, 1.165) is 11.3 Å². The van der Waals surface area contributed by atoms with Crippen molar-refractivity contribution >= 4 is 5.78 Å². The molecule has 2 aliphatic rings. The summed E-state index contributed by atoms with van der Waals surface area (Å²) in [5, 5.41) is 10.5. The molecule has 0 unspecified atom stereocenters. The second-order valence-corrected chi connectivity index (χ2v) is 5.30. The van der Waals surface area contributed by atoms with Crippen LogP contribution in [-0.2, 0) is 14.3 Å². The average Bonchev–Trinajstić information content (AvgIpc) is 2.57. The number of ketones is 1. The van der Waals surface area contributed by atoms with Crippen molar-refractivity contribution in [3.05, 3.63) is 54.1 Å². The molecule has 1 aromatic rings. The van der Waals surface area contributed by atoms with Gasteiger partial charge in [0.2, 0.25) is 5.79 Å². The Bertz CT molecular complexity index is 586. The van der Waals surface area contributed by atoms with E-state index < -0.39 is 18.0 Å². The SMILES string of the molecule is COc1ccc([C@@H](O)[C@H]2CCOC3(C=CC(=O)C=C3)O2)cc1. The van der Waals surface area contributed by atoms with E-state index in [1.165, 1.54) is 12.2 Å². The van der Waals surface area contributed by atoms with Gasteiger partial charge in [0.1, 0.15) is 11.9 Å². The fraction of sp³-hybridized carbons (Fsp3) is 0.353. The molecule has 116 valence electrons. The maximum absolute atomic E-state index is 11.2. The highest BCUT2D eigenvalue weighted by atomic mass is 16.7. The van der Waals surface area contributed by atoms with E-state index in [9.17, 15) is 9.90 Å². The first-order valence-corrected chi connectivity index (χ1v) is 7.18. The molecule has 1 N–H and O–H groups in total. The van der Waals surface area contributed by atoms with Crippen LogP contribution in [-0.4, -0.2) is 36.5 Å². The molecule has 0 bridgehead atoms. The molecule has 22 heavy (non-hydrogen) atoms.